The van der Waals surface area contributed by atoms with Crippen LogP contribution in [0, 0.1) is 5.82 Å². The van der Waals surface area contributed by atoms with Crippen molar-refractivity contribution >= 4 is 17.3 Å². The Morgan fingerprint density at radius 1 is 0.929 bits per heavy atom. The van der Waals surface area contributed by atoms with Crippen LogP contribution in [0.5, 0.6) is 5.75 Å². The van der Waals surface area contributed by atoms with Gasteiger partial charge in [-0.25, -0.2) is 4.39 Å². The lowest BCUT2D eigenvalue weighted by molar-refractivity contribution is -0.121. The summed E-state index contributed by atoms with van der Waals surface area (Å²) < 4.78 is 24.9. The first kappa shape index (κ1) is 19.4. The van der Waals surface area contributed by atoms with Crippen molar-refractivity contribution < 1.29 is 18.7 Å². The van der Waals surface area contributed by atoms with E-state index in [1.165, 1.54) is 6.07 Å². The molecule has 3 aromatic rings. The third-order valence-corrected chi connectivity index (χ3v) is 3.96. The highest BCUT2D eigenvalue weighted by molar-refractivity contribution is 5.95. The number of amides is 1. The van der Waals surface area contributed by atoms with Gasteiger partial charge in [0.15, 0.2) is 0 Å². The van der Waals surface area contributed by atoms with Crippen molar-refractivity contribution in [2.24, 2.45) is 0 Å². The summed E-state index contributed by atoms with van der Waals surface area (Å²) in [6.07, 6.45) is 0. The van der Waals surface area contributed by atoms with Crippen LogP contribution in [-0.2, 0) is 22.7 Å². The van der Waals surface area contributed by atoms with Crippen LogP contribution < -0.4 is 15.8 Å². The van der Waals surface area contributed by atoms with Gasteiger partial charge in [0.25, 0.3) is 0 Å². The fraction of sp³-hybridized carbons (Fsp3) is 0.136. The quantitative estimate of drug-likeness (QED) is 0.576. The number of carbonyl (C=O) groups is 1. The molecule has 3 rings (SSSR count). The summed E-state index contributed by atoms with van der Waals surface area (Å²) in [7, 11) is 0. The van der Waals surface area contributed by atoms with Gasteiger partial charge in [-0.3, -0.25) is 4.79 Å². The normalized spacial score (nSPS) is 10.5. The largest absolute Gasteiger partial charge is 0.487 e. The smallest absolute Gasteiger partial charge is 0.250 e. The van der Waals surface area contributed by atoms with E-state index in [2.05, 4.69) is 5.32 Å². The minimum absolute atomic E-state index is 0.149. The molecule has 144 valence electrons. The zero-order valence-corrected chi connectivity index (χ0v) is 15.2. The molecule has 0 bridgehead atoms. The summed E-state index contributed by atoms with van der Waals surface area (Å²) in [5.74, 6) is -0.815. The highest BCUT2D eigenvalue weighted by Crippen LogP contribution is 2.31. The van der Waals surface area contributed by atoms with Crippen molar-refractivity contribution in [1.82, 2.24) is 0 Å². The van der Waals surface area contributed by atoms with Crippen molar-refractivity contribution in [1.29, 1.82) is 0 Å². The van der Waals surface area contributed by atoms with Crippen LogP contribution in [0.3, 0.4) is 0 Å². The van der Waals surface area contributed by atoms with E-state index in [0.717, 1.165) is 17.2 Å². The van der Waals surface area contributed by atoms with E-state index in [-0.39, 0.29) is 30.3 Å². The Hall–Kier alpha value is -3.38. The summed E-state index contributed by atoms with van der Waals surface area (Å²) >= 11 is 0. The average molecular weight is 380 g/mol. The van der Waals surface area contributed by atoms with Crippen LogP contribution in [0.2, 0.25) is 0 Å². The number of hydrogen-bond acceptors (Lipinski definition) is 4. The van der Waals surface area contributed by atoms with Gasteiger partial charge in [-0.1, -0.05) is 60.7 Å². The number of halogens is 1. The van der Waals surface area contributed by atoms with Crippen LogP contribution in [0.15, 0.2) is 72.8 Å². The lowest BCUT2D eigenvalue weighted by Gasteiger charge is -2.14. The number of rotatable bonds is 8. The van der Waals surface area contributed by atoms with Gasteiger partial charge in [-0.05, 0) is 17.2 Å². The second-order valence-electron chi connectivity index (χ2n) is 6.17. The van der Waals surface area contributed by atoms with Crippen molar-refractivity contribution in [2.45, 2.75) is 13.2 Å². The lowest BCUT2D eigenvalue weighted by Crippen LogP contribution is -2.19. The van der Waals surface area contributed by atoms with Crippen molar-refractivity contribution in [3.63, 3.8) is 0 Å². The van der Waals surface area contributed by atoms with E-state index in [4.69, 9.17) is 15.2 Å². The molecule has 0 heterocycles. The summed E-state index contributed by atoms with van der Waals surface area (Å²) in [6.45, 7) is 0.367. The number of benzene rings is 3. The molecule has 0 radical (unpaired) electrons. The third-order valence-electron chi connectivity index (χ3n) is 3.96. The standard InChI is InChI=1S/C22H21FN2O3/c23-18-11-19(25-21(26)15-27-13-16-7-3-1-4-8-16)22(24)20(12-18)28-14-17-9-5-2-6-10-17/h1-12H,13-15,24H2,(H,25,26). The predicted octanol–water partition coefficient (Wildman–Crippen LogP) is 4.14. The van der Waals surface area contributed by atoms with Gasteiger partial charge in [-0.2, -0.15) is 0 Å². The molecule has 0 atom stereocenters. The van der Waals surface area contributed by atoms with Crippen LogP contribution in [0.1, 0.15) is 11.1 Å². The molecule has 0 aliphatic carbocycles. The molecule has 28 heavy (non-hydrogen) atoms. The van der Waals surface area contributed by atoms with E-state index in [1.807, 2.05) is 60.7 Å². The molecule has 0 spiro atoms. The van der Waals surface area contributed by atoms with Crippen LogP contribution in [-0.4, -0.2) is 12.5 Å². The van der Waals surface area contributed by atoms with E-state index in [1.54, 1.807) is 0 Å². The molecule has 0 saturated carbocycles. The van der Waals surface area contributed by atoms with Gasteiger partial charge in [0.05, 0.1) is 18.0 Å². The minimum atomic E-state index is -0.558. The van der Waals surface area contributed by atoms with E-state index in [9.17, 15) is 9.18 Å². The van der Waals surface area contributed by atoms with Crippen LogP contribution in [0.25, 0.3) is 0 Å². The summed E-state index contributed by atoms with van der Waals surface area (Å²) in [5.41, 5.74) is 8.23. The molecule has 3 aromatic carbocycles. The number of hydrogen-bond donors (Lipinski definition) is 2. The van der Waals surface area contributed by atoms with Gasteiger partial charge in [0.2, 0.25) is 5.91 Å². The van der Waals surface area contributed by atoms with Gasteiger partial charge in [0.1, 0.15) is 24.8 Å². The molecular weight excluding hydrogens is 359 g/mol. The Kier molecular flexibility index (Phi) is 6.59. The molecule has 0 fully saturated rings. The maximum atomic E-state index is 13.9. The van der Waals surface area contributed by atoms with Crippen molar-refractivity contribution in [3.05, 3.63) is 89.7 Å². The minimum Gasteiger partial charge on any atom is -0.487 e. The maximum absolute atomic E-state index is 13.9. The Morgan fingerprint density at radius 3 is 2.18 bits per heavy atom. The molecular formula is C22H21FN2O3. The average Bonchev–Trinajstić information content (AvgIpc) is 2.71. The van der Waals surface area contributed by atoms with Gasteiger partial charge < -0.3 is 20.5 Å². The zero-order chi connectivity index (χ0) is 19.8. The van der Waals surface area contributed by atoms with Crippen LogP contribution in [0.4, 0.5) is 15.8 Å². The molecule has 1 amide bonds. The zero-order valence-electron chi connectivity index (χ0n) is 15.2. The highest BCUT2D eigenvalue weighted by atomic mass is 19.1. The number of carbonyl (C=O) groups excluding carboxylic acids is 1. The molecule has 0 saturated heterocycles. The van der Waals surface area contributed by atoms with Gasteiger partial charge >= 0.3 is 0 Å². The Balaban J connectivity index is 1.58. The number of nitrogen functional groups attached to an aromatic ring is 1. The topological polar surface area (TPSA) is 73.6 Å². The monoisotopic (exact) mass is 380 g/mol. The third kappa shape index (κ3) is 5.56. The molecule has 0 aromatic heterocycles. The number of nitrogens with one attached hydrogen (secondary N) is 1. The summed E-state index contributed by atoms with van der Waals surface area (Å²) in [5, 5.41) is 2.57. The van der Waals surface area contributed by atoms with E-state index < -0.39 is 11.7 Å². The van der Waals surface area contributed by atoms with Gasteiger partial charge in [0, 0.05) is 6.07 Å². The second-order valence-corrected chi connectivity index (χ2v) is 6.17. The fourth-order valence-electron chi connectivity index (χ4n) is 2.57. The Labute approximate surface area is 162 Å². The number of ether oxygens (including phenoxy) is 2. The lowest BCUT2D eigenvalue weighted by atomic mass is 10.2. The molecule has 5 nitrogen and oxygen atoms in total. The van der Waals surface area contributed by atoms with E-state index >= 15 is 0 Å². The molecule has 3 N–H and O–H groups in total. The molecule has 0 aliphatic rings. The highest BCUT2D eigenvalue weighted by Gasteiger charge is 2.13. The SMILES string of the molecule is Nc1c(NC(=O)COCc2ccccc2)cc(F)cc1OCc1ccccc1. The predicted molar refractivity (Wildman–Crippen MR) is 106 cm³/mol. The van der Waals surface area contributed by atoms with Crippen molar-refractivity contribution in [3.8, 4) is 5.75 Å². The first-order valence-electron chi connectivity index (χ1n) is 8.79. The summed E-state index contributed by atoms with van der Waals surface area (Å²) in [4.78, 5) is 12.1. The molecule has 6 heteroatoms. The number of nitrogens with two attached hydrogens (primary N) is 1. The van der Waals surface area contributed by atoms with Crippen molar-refractivity contribution in [2.75, 3.05) is 17.7 Å². The first-order chi connectivity index (χ1) is 13.6. The Morgan fingerprint density at radius 2 is 1.54 bits per heavy atom. The van der Waals surface area contributed by atoms with Crippen LogP contribution >= 0.6 is 0 Å². The first-order valence-corrected chi connectivity index (χ1v) is 8.79. The summed E-state index contributed by atoms with van der Waals surface area (Å²) in [6, 6.07) is 21.3. The van der Waals surface area contributed by atoms with Gasteiger partial charge in [-0.15, -0.1) is 0 Å². The second kappa shape index (κ2) is 9.53. The maximum Gasteiger partial charge on any atom is 0.250 e. The Bertz CT molecular complexity index is 918. The van der Waals surface area contributed by atoms with E-state index in [0.29, 0.717) is 6.61 Å². The fourth-order valence-corrected chi connectivity index (χ4v) is 2.57. The molecule has 0 unspecified atom stereocenters. The number of anilines is 2. The molecule has 0 aliphatic heterocycles.